The first kappa shape index (κ1) is 18.6. The smallest absolute Gasteiger partial charge is 0.277 e. The lowest BCUT2D eigenvalue weighted by molar-refractivity contribution is 0.201. The molecule has 4 rings (SSSR count). The second kappa shape index (κ2) is 6.39. The summed E-state index contributed by atoms with van der Waals surface area (Å²) in [5, 5.41) is 6.46. The van der Waals surface area contributed by atoms with Crippen molar-refractivity contribution in [1.29, 1.82) is 0 Å². The van der Waals surface area contributed by atoms with Gasteiger partial charge in [0.05, 0.1) is 5.52 Å². The predicted octanol–water partition coefficient (Wildman–Crippen LogP) is 2.13. The lowest BCUT2D eigenvalue weighted by Crippen LogP contribution is -2.56. The van der Waals surface area contributed by atoms with Crippen LogP contribution in [0.4, 0.5) is 5.82 Å². The Bertz CT molecular complexity index is 981. The molecule has 2 heterocycles. The van der Waals surface area contributed by atoms with Crippen molar-refractivity contribution in [3.05, 3.63) is 29.6 Å². The highest BCUT2D eigenvalue weighted by atomic mass is 32.2. The number of rotatable bonds is 6. The SMILES string of the molecule is Cc1cc2ncnc(N3CC(C)(CCN(C4CC4)S(N)(=O)=O)C3)c2cc1C. The zero-order chi connectivity index (χ0) is 19.4. The number of nitrogens with zero attached hydrogens (tertiary/aromatic N) is 4. The number of fused-ring (bicyclic) bond motifs is 1. The molecule has 0 unspecified atom stereocenters. The molecule has 2 aromatic rings. The van der Waals surface area contributed by atoms with Crippen LogP contribution in [0.3, 0.4) is 0 Å². The van der Waals surface area contributed by atoms with Crippen LogP contribution >= 0.6 is 0 Å². The maximum atomic E-state index is 11.8. The highest BCUT2D eigenvalue weighted by Crippen LogP contribution is 2.40. The average Bonchev–Trinajstić information content (AvgIpc) is 3.37. The molecule has 1 saturated carbocycles. The first-order chi connectivity index (χ1) is 12.7. The maximum absolute atomic E-state index is 11.8. The molecule has 2 aliphatic rings. The summed E-state index contributed by atoms with van der Waals surface area (Å²) in [4.78, 5) is 11.2. The van der Waals surface area contributed by atoms with Crippen LogP contribution in [0, 0.1) is 19.3 Å². The average molecular weight is 390 g/mol. The fourth-order valence-electron chi connectivity index (χ4n) is 4.00. The molecular formula is C19H27N5O2S. The van der Waals surface area contributed by atoms with Crippen molar-refractivity contribution < 1.29 is 8.42 Å². The van der Waals surface area contributed by atoms with Crippen LogP contribution in [0.1, 0.15) is 37.3 Å². The number of aryl methyl sites for hydroxylation is 2. The van der Waals surface area contributed by atoms with Gasteiger partial charge in [0.25, 0.3) is 10.2 Å². The van der Waals surface area contributed by atoms with Crippen molar-refractivity contribution in [2.45, 2.75) is 46.1 Å². The van der Waals surface area contributed by atoms with Gasteiger partial charge >= 0.3 is 0 Å². The van der Waals surface area contributed by atoms with E-state index >= 15 is 0 Å². The van der Waals surface area contributed by atoms with Crippen LogP contribution in [0.2, 0.25) is 0 Å². The van der Waals surface area contributed by atoms with Gasteiger partial charge in [0.1, 0.15) is 12.1 Å². The van der Waals surface area contributed by atoms with Crippen LogP contribution in [0.5, 0.6) is 0 Å². The van der Waals surface area contributed by atoms with E-state index in [1.165, 1.54) is 15.4 Å². The minimum Gasteiger partial charge on any atom is -0.355 e. The van der Waals surface area contributed by atoms with E-state index in [0.717, 1.165) is 49.1 Å². The molecule has 0 amide bonds. The van der Waals surface area contributed by atoms with Gasteiger partial charge < -0.3 is 4.90 Å². The van der Waals surface area contributed by atoms with Gasteiger partial charge in [0, 0.05) is 36.5 Å². The van der Waals surface area contributed by atoms with Gasteiger partial charge in [0.2, 0.25) is 0 Å². The van der Waals surface area contributed by atoms with E-state index in [1.807, 2.05) is 0 Å². The Hall–Kier alpha value is -1.77. The van der Waals surface area contributed by atoms with Gasteiger partial charge in [-0.1, -0.05) is 6.92 Å². The van der Waals surface area contributed by atoms with E-state index in [4.69, 9.17) is 5.14 Å². The molecule has 1 aliphatic heterocycles. The van der Waals surface area contributed by atoms with E-state index in [2.05, 4.69) is 47.8 Å². The molecule has 1 aromatic carbocycles. The highest BCUT2D eigenvalue weighted by Gasteiger charge is 2.42. The quantitative estimate of drug-likeness (QED) is 0.817. The van der Waals surface area contributed by atoms with Crippen molar-refractivity contribution in [3.63, 3.8) is 0 Å². The lowest BCUT2D eigenvalue weighted by Gasteiger charge is -2.49. The van der Waals surface area contributed by atoms with Gasteiger partial charge in [0.15, 0.2) is 0 Å². The normalized spacial score (nSPS) is 19.5. The van der Waals surface area contributed by atoms with E-state index < -0.39 is 10.2 Å². The van der Waals surface area contributed by atoms with E-state index in [1.54, 1.807) is 6.33 Å². The largest absolute Gasteiger partial charge is 0.355 e. The van der Waals surface area contributed by atoms with Crippen molar-refractivity contribution >= 4 is 26.9 Å². The molecule has 7 nitrogen and oxygen atoms in total. The minimum atomic E-state index is -3.61. The van der Waals surface area contributed by atoms with Gasteiger partial charge in [-0.25, -0.2) is 15.1 Å². The molecule has 146 valence electrons. The van der Waals surface area contributed by atoms with Crippen LogP contribution in [-0.4, -0.2) is 48.4 Å². The van der Waals surface area contributed by atoms with Gasteiger partial charge in [-0.05, 0) is 56.4 Å². The summed E-state index contributed by atoms with van der Waals surface area (Å²) in [5.41, 5.74) is 3.49. The first-order valence-corrected chi connectivity index (χ1v) is 10.9. The number of nitrogens with two attached hydrogens (primary N) is 1. The molecule has 0 radical (unpaired) electrons. The topological polar surface area (TPSA) is 92.4 Å². The Balaban J connectivity index is 1.47. The minimum absolute atomic E-state index is 0.0643. The molecule has 1 saturated heterocycles. The summed E-state index contributed by atoms with van der Waals surface area (Å²) in [5.74, 6) is 0.964. The molecule has 1 aromatic heterocycles. The van der Waals surface area contributed by atoms with E-state index in [-0.39, 0.29) is 11.5 Å². The molecule has 0 spiro atoms. The van der Waals surface area contributed by atoms with Crippen LogP contribution in [-0.2, 0) is 10.2 Å². The number of aromatic nitrogens is 2. The Morgan fingerprint density at radius 2 is 1.89 bits per heavy atom. The molecular weight excluding hydrogens is 362 g/mol. The van der Waals surface area contributed by atoms with Crippen LogP contribution in [0.15, 0.2) is 18.5 Å². The van der Waals surface area contributed by atoms with Crippen molar-refractivity contribution in [1.82, 2.24) is 14.3 Å². The fraction of sp³-hybridized carbons (Fsp3) is 0.579. The third kappa shape index (κ3) is 3.66. The molecule has 8 heteroatoms. The summed E-state index contributed by atoms with van der Waals surface area (Å²) in [6, 6.07) is 4.37. The number of anilines is 1. The molecule has 27 heavy (non-hydrogen) atoms. The van der Waals surface area contributed by atoms with Crippen molar-refractivity contribution in [2.75, 3.05) is 24.5 Å². The number of hydrogen-bond donors (Lipinski definition) is 1. The first-order valence-electron chi connectivity index (χ1n) is 9.43. The van der Waals surface area contributed by atoms with Crippen molar-refractivity contribution in [2.24, 2.45) is 10.6 Å². The van der Waals surface area contributed by atoms with E-state index in [0.29, 0.717) is 6.54 Å². The third-order valence-electron chi connectivity index (χ3n) is 5.89. The molecule has 2 fully saturated rings. The Kier molecular flexibility index (Phi) is 4.40. The summed E-state index contributed by atoms with van der Waals surface area (Å²) in [6.45, 7) is 8.61. The third-order valence-corrected chi connectivity index (χ3v) is 7.03. The van der Waals surface area contributed by atoms with Crippen molar-refractivity contribution in [3.8, 4) is 0 Å². The lowest BCUT2D eigenvalue weighted by atomic mass is 9.78. The van der Waals surface area contributed by atoms with Gasteiger partial charge in [-0.2, -0.15) is 12.7 Å². The standard InChI is InChI=1S/C19H27N5O2S/c1-13-8-16-17(9-14(13)2)21-12-22-18(16)23-10-19(3,11-23)6-7-24(15-4-5-15)27(20,25)26/h8-9,12,15H,4-7,10-11H2,1-3H3,(H2,20,25,26). The zero-order valence-electron chi connectivity index (χ0n) is 16.1. The second-order valence-corrected chi connectivity index (χ2v) is 9.95. The summed E-state index contributed by atoms with van der Waals surface area (Å²) in [7, 11) is -3.61. The van der Waals surface area contributed by atoms with E-state index in [9.17, 15) is 8.42 Å². The highest BCUT2D eigenvalue weighted by molar-refractivity contribution is 7.86. The molecule has 2 N–H and O–H groups in total. The van der Waals surface area contributed by atoms with Crippen LogP contribution < -0.4 is 10.0 Å². The molecule has 0 atom stereocenters. The zero-order valence-corrected chi connectivity index (χ0v) is 17.0. The summed E-state index contributed by atoms with van der Waals surface area (Å²) in [6.07, 6.45) is 4.27. The van der Waals surface area contributed by atoms with Gasteiger partial charge in [-0.3, -0.25) is 0 Å². The molecule has 1 aliphatic carbocycles. The number of hydrogen-bond acceptors (Lipinski definition) is 5. The summed E-state index contributed by atoms with van der Waals surface area (Å²) >= 11 is 0. The fourth-order valence-corrected chi connectivity index (χ4v) is 4.97. The monoisotopic (exact) mass is 389 g/mol. The summed E-state index contributed by atoms with van der Waals surface area (Å²) < 4.78 is 25.1. The number of benzene rings is 1. The van der Waals surface area contributed by atoms with Gasteiger partial charge in [-0.15, -0.1) is 0 Å². The Morgan fingerprint density at radius 1 is 1.22 bits per heavy atom. The second-order valence-electron chi connectivity index (χ2n) is 8.45. The van der Waals surface area contributed by atoms with Crippen LogP contribution in [0.25, 0.3) is 10.9 Å². The Morgan fingerprint density at radius 3 is 2.52 bits per heavy atom. The maximum Gasteiger partial charge on any atom is 0.277 e. The molecule has 0 bridgehead atoms. The predicted molar refractivity (Wildman–Crippen MR) is 107 cm³/mol. The Labute approximate surface area is 160 Å².